The minimum atomic E-state index is 0.310. The van der Waals surface area contributed by atoms with Crippen molar-refractivity contribution >= 4 is 0 Å². The van der Waals surface area contributed by atoms with Gasteiger partial charge in [0.2, 0.25) is 0 Å². The van der Waals surface area contributed by atoms with Gasteiger partial charge in [-0.3, -0.25) is 0 Å². The van der Waals surface area contributed by atoms with Crippen LogP contribution in [-0.2, 0) is 11.2 Å². The third-order valence-corrected chi connectivity index (χ3v) is 3.63. The van der Waals surface area contributed by atoms with Gasteiger partial charge in [0.05, 0.1) is 6.61 Å². The Balaban J connectivity index is 1.71. The molecular formula is C16H14O2. The number of rotatable bonds is 3. The number of hydrogen-bond donors (Lipinski definition) is 0. The summed E-state index contributed by atoms with van der Waals surface area (Å²) in [6, 6.07) is 14.9. The van der Waals surface area contributed by atoms with Gasteiger partial charge < -0.3 is 9.47 Å². The lowest BCUT2D eigenvalue weighted by molar-refractivity contribution is 0.261. The molecule has 0 radical (unpaired) electrons. The fourth-order valence-corrected chi connectivity index (χ4v) is 2.61. The summed E-state index contributed by atoms with van der Waals surface area (Å²) in [6.07, 6.45) is 1.29. The van der Waals surface area contributed by atoms with Crippen LogP contribution in [0.1, 0.15) is 11.1 Å². The molecule has 0 saturated carbocycles. The van der Waals surface area contributed by atoms with E-state index < -0.39 is 0 Å². The Kier molecular flexibility index (Phi) is 2.17. The average molecular weight is 238 g/mol. The highest BCUT2D eigenvalue weighted by Crippen LogP contribution is 2.41. The normalized spacial score (nSPS) is 19.2. The van der Waals surface area contributed by atoms with Crippen LogP contribution < -0.4 is 4.74 Å². The maximum absolute atomic E-state index is 5.88. The lowest BCUT2D eigenvalue weighted by atomic mass is 10.1. The van der Waals surface area contributed by atoms with Crippen molar-refractivity contribution in [3.63, 3.8) is 0 Å². The first-order valence-corrected chi connectivity index (χ1v) is 6.36. The second-order valence-corrected chi connectivity index (χ2v) is 4.88. The topological polar surface area (TPSA) is 21.8 Å². The van der Waals surface area contributed by atoms with Gasteiger partial charge in [0.15, 0.2) is 0 Å². The van der Waals surface area contributed by atoms with E-state index in [1.165, 1.54) is 22.3 Å². The van der Waals surface area contributed by atoms with Crippen LogP contribution in [0.15, 0.2) is 42.5 Å². The van der Waals surface area contributed by atoms with Crippen LogP contribution in [0.3, 0.4) is 0 Å². The summed E-state index contributed by atoms with van der Waals surface area (Å²) in [7, 11) is 0. The van der Waals surface area contributed by atoms with E-state index >= 15 is 0 Å². The molecule has 0 amide bonds. The van der Waals surface area contributed by atoms with E-state index in [0.29, 0.717) is 12.7 Å². The van der Waals surface area contributed by atoms with Gasteiger partial charge in [-0.25, -0.2) is 0 Å². The van der Waals surface area contributed by atoms with E-state index in [1.54, 1.807) is 0 Å². The van der Waals surface area contributed by atoms with E-state index in [2.05, 4.69) is 42.5 Å². The molecule has 0 spiro atoms. The molecule has 0 bridgehead atoms. The van der Waals surface area contributed by atoms with Crippen molar-refractivity contribution in [2.45, 2.75) is 12.5 Å². The molecule has 1 aliphatic carbocycles. The summed E-state index contributed by atoms with van der Waals surface area (Å²) < 4.78 is 11.1. The molecule has 0 N–H and O–H groups in total. The molecule has 4 rings (SSSR count). The van der Waals surface area contributed by atoms with E-state index in [-0.39, 0.29) is 0 Å². The smallest absolute Gasteiger partial charge is 0.123 e. The van der Waals surface area contributed by atoms with Gasteiger partial charge in [-0.1, -0.05) is 36.4 Å². The van der Waals surface area contributed by atoms with Crippen LogP contribution in [0.2, 0.25) is 0 Å². The Bertz CT molecular complexity index is 600. The maximum atomic E-state index is 5.88. The van der Waals surface area contributed by atoms with Crippen molar-refractivity contribution < 1.29 is 9.47 Å². The molecule has 2 nitrogen and oxygen atoms in total. The molecule has 90 valence electrons. The Morgan fingerprint density at radius 3 is 2.78 bits per heavy atom. The third-order valence-electron chi connectivity index (χ3n) is 3.63. The van der Waals surface area contributed by atoms with Gasteiger partial charge in [-0.2, -0.15) is 0 Å². The predicted octanol–water partition coefficient (Wildman–Crippen LogP) is 3.04. The number of ether oxygens (including phenoxy) is 2. The Labute approximate surface area is 106 Å². The highest BCUT2D eigenvalue weighted by Gasteiger charge is 2.25. The molecule has 1 heterocycles. The fraction of sp³-hybridized carbons (Fsp3) is 0.250. The molecule has 2 aromatic carbocycles. The van der Waals surface area contributed by atoms with Crippen LogP contribution in [0.5, 0.6) is 5.75 Å². The molecular weight excluding hydrogens is 224 g/mol. The molecule has 1 atom stereocenters. The first-order valence-electron chi connectivity index (χ1n) is 6.36. The molecule has 1 fully saturated rings. The molecule has 0 aromatic heterocycles. The molecule has 1 saturated heterocycles. The Hall–Kier alpha value is -1.80. The van der Waals surface area contributed by atoms with Gasteiger partial charge in [-0.15, -0.1) is 0 Å². The van der Waals surface area contributed by atoms with Crippen molar-refractivity contribution in [1.29, 1.82) is 0 Å². The quantitative estimate of drug-likeness (QED) is 0.654. The van der Waals surface area contributed by atoms with E-state index in [0.717, 1.165) is 18.8 Å². The third kappa shape index (κ3) is 1.61. The molecule has 2 heteroatoms. The lowest BCUT2D eigenvalue weighted by Gasteiger charge is -2.09. The van der Waals surface area contributed by atoms with Crippen molar-refractivity contribution in [1.82, 2.24) is 0 Å². The van der Waals surface area contributed by atoms with Gasteiger partial charge >= 0.3 is 0 Å². The highest BCUT2D eigenvalue weighted by atomic mass is 16.6. The summed E-state index contributed by atoms with van der Waals surface area (Å²) in [5, 5.41) is 0. The molecule has 1 aliphatic heterocycles. The summed E-state index contributed by atoms with van der Waals surface area (Å²) in [5.41, 5.74) is 5.38. The van der Waals surface area contributed by atoms with E-state index in [9.17, 15) is 0 Å². The Morgan fingerprint density at radius 1 is 1.06 bits per heavy atom. The van der Waals surface area contributed by atoms with Crippen LogP contribution in [0.25, 0.3) is 11.1 Å². The number of fused-ring (bicyclic) bond motifs is 3. The van der Waals surface area contributed by atoms with Crippen LogP contribution in [-0.4, -0.2) is 19.3 Å². The summed E-state index contributed by atoms with van der Waals surface area (Å²) in [5.74, 6) is 1.01. The zero-order valence-electron chi connectivity index (χ0n) is 10.1. The zero-order valence-corrected chi connectivity index (χ0v) is 10.1. The highest BCUT2D eigenvalue weighted by molar-refractivity contribution is 5.78. The maximum Gasteiger partial charge on any atom is 0.123 e. The predicted molar refractivity (Wildman–Crippen MR) is 69.9 cm³/mol. The van der Waals surface area contributed by atoms with Gasteiger partial charge in [0.1, 0.15) is 18.5 Å². The molecule has 2 aromatic rings. The van der Waals surface area contributed by atoms with Gasteiger partial charge in [0.25, 0.3) is 0 Å². The lowest BCUT2D eigenvalue weighted by Crippen LogP contribution is -2.05. The SMILES string of the molecule is c1ccc2c(c1)Cc1c(OCC3CO3)cccc1-2. The van der Waals surface area contributed by atoms with Crippen molar-refractivity contribution in [3.8, 4) is 16.9 Å². The number of benzene rings is 2. The fourth-order valence-electron chi connectivity index (χ4n) is 2.61. The van der Waals surface area contributed by atoms with Crippen molar-refractivity contribution in [3.05, 3.63) is 53.6 Å². The number of hydrogen-bond acceptors (Lipinski definition) is 2. The van der Waals surface area contributed by atoms with Crippen molar-refractivity contribution in [2.24, 2.45) is 0 Å². The van der Waals surface area contributed by atoms with Crippen molar-refractivity contribution in [2.75, 3.05) is 13.2 Å². The molecule has 1 unspecified atom stereocenters. The van der Waals surface area contributed by atoms with E-state index in [4.69, 9.17) is 9.47 Å². The van der Waals surface area contributed by atoms with Gasteiger partial charge in [0, 0.05) is 12.0 Å². The summed E-state index contributed by atoms with van der Waals surface area (Å²) in [6.45, 7) is 1.52. The minimum absolute atomic E-state index is 0.310. The van der Waals surface area contributed by atoms with Gasteiger partial charge in [-0.05, 0) is 22.8 Å². The monoisotopic (exact) mass is 238 g/mol. The second kappa shape index (κ2) is 3.85. The van der Waals surface area contributed by atoms with Crippen LogP contribution in [0.4, 0.5) is 0 Å². The average Bonchev–Trinajstić information content (AvgIpc) is 3.16. The molecule has 18 heavy (non-hydrogen) atoms. The second-order valence-electron chi connectivity index (χ2n) is 4.88. The van der Waals surface area contributed by atoms with E-state index in [1.807, 2.05) is 0 Å². The Morgan fingerprint density at radius 2 is 1.89 bits per heavy atom. The summed E-state index contributed by atoms with van der Waals surface area (Å²) in [4.78, 5) is 0. The standard InChI is InChI=1S/C16H14O2/c1-2-5-13-11(4-1)8-15-14(13)6-3-7-16(15)18-10-12-9-17-12/h1-7,12H,8-10H2. The summed E-state index contributed by atoms with van der Waals surface area (Å²) >= 11 is 0. The largest absolute Gasteiger partial charge is 0.490 e. The minimum Gasteiger partial charge on any atom is -0.490 e. The first kappa shape index (κ1) is 10.2. The first-order chi connectivity index (χ1) is 8.92. The molecule has 2 aliphatic rings. The number of epoxide rings is 1. The van der Waals surface area contributed by atoms with Crippen LogP contribution >= 0.6 is 0 Å². The van der Waals surface area contributed by atoms with Crippen LogP contribution in [0, 0.1) is 0 Å². The zero-order chi connectivity index (χ0) is 11.9.